The molecule has 1 rings (SSSR count). The molecule has 0 atom stereocenters. The summed E-state index contributed by atoms with van der Waals surface area (Å²) in [7, 11) is 0. The van der Waals surface area contributed by atoms with Crippen molar-refractivity contribution in [3.8, 4) is 0 Å². The van der Waals surface area contributed by atoms with Crippen LogP contribution in [0.25, 0.3) is 0 Å². The molecular weight excluding hydrogens is 64.0 g/mol. The second-order valence-corrected chi connectivity index (χ2v) is 0.838. The van der Waals surface area contributed by atoms with Crippen LogP contribution in [0.15, 0.2) is 12.3 Å². The Kier molecular flexibility index (Phi) is 0.612. The lowest BCUT2D eigenvalue weighted by atomic mass is 10.5. The van der Waals surface area contributed by atoms with Crippen LogP contribution < -0.4 is 0 Å². The van der Waals surface area contributed by atoms with E-state index in [1.165, 1.54) is 0 Å². The van der Waals surface area contributed by atoms with Crippen molar-refractivity contribution in [2.45, 2.75) is 6.42 Å². The minimum absolute atomic E-state index is 0.847. The maximum Gasteiger partial charge on any atom is 0.199 e. The summed E-state index contributed by atoms with van der Waals surface area (Å²) in [5.41, 5.74) is 0. The zero-order valence-corrected chi connectivity index (χ0v) is 2.77. The van der Waals surface area contributed by atoms with Crippen molar-refractivity contribution < 1.29 is 4.74 Å². The Hall–Kier alpha value is -0.460. The average molecular weight is 68.1 g/mol. The standard InChI is InChI=1S/C4H4O/c1-2-4-5-3-1/h1,3H,2H2. The van der Waals surface area contributed by atoms with E-state index in [-0.39, 0.29) is 0 Å². The summed E-state index contributed by atoms with van der Waals surface area (Å²) >= 11 is 0. The van der Waals surface area contributed by atoms with Crippen LogP contribution in [0.5, 0.6) is 0 Å². The van der Waals surface area contributed by atoms with Crippen LogP contribution in [-0.2, 0) is 4.74 Å². The Morgan fingerprint density at radius 2 is 2.80 bits per heavy atom. The van der Waals surface area contributed by atoms with Crippen LogP contribution in [0, 0.1) is 6.61 Å². The second kappa shape index (κ2) is 1.11. The van der Waals surface area contributed by atoms with Crippen molar-refractivity contribution in [3.05, 3.63) is 18.9 Å². The highest BCUT2D eigenvalue weighted by Crippen LogP contribution is 1.99. The van der Waals surface area contributed by atoms with E-state index in [9.17, 15) is 0 Å². The molecule has 0 saturated carbocycles. The molecule has 1 aliphatic heterocycles. The molecule has 1 heteroatoms. The molecule has 1 heterocycles. The maximum atomic E-state index is 4.51. The molecule has 0 bridgehead atoms. The Morgan fingerprint density at radius 3 is 3.00 bits per heavy atom. The molecule has 0 aromatic carbocycles. The van der Waals surface area contributed by atoms with Crippen molar-refractivity contribution in [3.63, 3.8) is 0 Å². The van der Waals surface area contributed by atoms with Crippen LogP contribution in [-0.4, -0.2) is 0 Å². The number of rotatable bonds is 0. The molecule has 0 aromatic rings. The van der Waals surface area contributed by atoms with Gasteiger partial charge in [-0.2, -0.15) is 0 Å². The molecule has 0 fully saturated rings. The second-order valence-electron chi connectivity index (χ2n) is 0.838. The lowest BCUT2D eigenvalue weighted by Gasteiger charge is -1.75. The van der Waals surface area contributed by atoms with Gasteiger partial charge in [-0.3, -0.25) is 0 Å². The van der Waals surface area contributed by atoms with Gasteiger partial charge in [0.2, 0.25) is 0 Å². The fraction of sp³-hybridized carbons (Fsp3) is 0.250. The SMILES string of the molecule is [C]1CC=CO1. The van der Waals surface area contributed by atoms with Gasteiger partial charge in [0.25, 0.3) is 0 Å². The Labute approximate surface area is 31.3 Å². The molecule has 0 saturated heterocycles. The van der Waals surface area contributed by atoms with Gasteiger partial charge in [-0.05, 0) is 6.08 Å². The molecule has 0 aromatic heterocycles. The van der Waals surface area contributed by atoms with Crippen molar-refractivity contribution in [2.75, 3.05) is 0 Å². The van der Waals surface area contributed by atoms with E-state index in [0.717, 1.165) is 6.42 Å². The van der Waals surface area contributed by atoms with Gasteiger partial charge in [0.05, 0.1) is 6.26 Å². The first-order chi connectivity index (χ1) is 2.50. The highest BCUT2D eigenvalue weighted by atomic mass is 16.5. The summed E-state index contributed by atoms with van der Waals surface area (Å²) in [5, 5.41) is 0. The molecule has 0 amide bonds. The summed E-state index contributed by atoms with van der Waals surface area (Å²) in [6.45, 7) is 2.61. The summed E-state index contributed by atoms with van der Waals surface area (Å²) in [4.78, 5) is 0. The van der Waals surface area contributed by atoms with Gasteiger partial charge in [0.1, 0.15) is 0 Å². The van der Waals surface area contributed by atoms with Gasteiger partial charge in [-0.25, -0.2) is 0 Å². The minimum Gasteiger partial charge on any atom is -0.486 e. The molecule has 0 unspecified atom stereocenters. The molecule has 1 nitrogen and oxygen atoms in total. The van der Waals surface area contributed by atoms with E-state index in [2.05, 4.69) is 11.3 Å². The highest BCUT2D eigenvalue weighted by Gasteiger charge is 1.87. The molecule has 5 heavy (non-hydrogen) atoms. The number of hydrogen-bond donors (Lipinski definition) is 0. The fourth-order valence-electron chi connectivity index (χ4n) is 0.241. The van der Waals surface area contributed by atoms with E-state index in [0.29, 0.717) is 0 Å². The predicted octanol–water partition coefficient (Wildman–Crippen LogP) is 0.959. The van der Waals surface area contributed by atoms with Crippen molar-refractivity contribution in [1.29, 1.82) is 0 Å². The van der Waals surface area contributed by atoms with E-state index in [4.69, 9.17) is 0 Å². The molecule has 0 N–H and O–H groups in total. The third-order valence-corrected chi connectivity index (χ3v) is 0.449. The van der Waals surface area contributed by atoms with Gasteiger partial charge in [0.15, 0.2) is 6.61 Å². The third kappa shape index (κ3) is 0.407. The summed E-state index contributed by atoms with van der Waals surface area (Å²) in [5.74, 6) is 0. The zero-order chi connectivity index (χ0) is 3.54. The van der Waals surface area contributed by atoms with Gasteiger partial charge in [0, 0.05) is 6.42 Å². The highest BCUT2D eigenvalue weighted by molar-refractivity contribution is 4.85. The number of hydrogen-bond acceptors (Lipinski definition) is 1. The lowest BCUT2D eigenvalue weighted by molar-refractivity contribution is 0.356. The van der Waals surface area contributed by atoms with E-state index >= 15 is 0 Å². The normalized spacial score (nSPS) is 19.2. The van der Waals surface area contributed by atoms with Crippen LogP contribution in [0.3, 0.4) is 0 Å². The third-order valence-electron chi connectivity index (χ3n) is 0.449. The van der Waals surface area contributed by atoms with Gasteiger partial charge in [-0.15, -0.1) is 0 Å². The fourth-order valence-corrected chi connectivity index (χ4v) is 0.241. The lowest BCUT2D eigenvalue weighted by Crippen LogP contribution is -1.59. The maximum absolute atomic E-state index is 4.51. The van der Waals surface area contributed by atoms with Crippen molar-refractivity contribution >= 4 is 0 Å². The summed E-state index contributed by atoms with van der Waals surface area (Å²) in [6, 6.07) is 0. The number of ether oxygens (including phenoxy) is 1. The van der Waals surface area contributed by atoms with E-state index in [1.807, 2.05) is 6.08 Å². The molecule has 1 aliphatic rings. The Morgan fingerprint density at radius 1 is 1.80 bits per heavy atom. The van der Waals surface area contributed by atoms with Crippen LogP contribution in [0.1, 0.15) is 6.42 Å². The first-order valence-electron chi connectivity index (χ1n) is 1.53. The van der Waals surface area contributed by atoms with Gasteiger partial charge >= 0.3 is 0 Å². The first kappa shape index (κ1) is 2.76. The molecule has 26 valence electrons. The summed E-state index contributed by atoms with van der Waals surface area (Å²) in [6.07, 6.45) is 4.38. The topological polar surface area (TPSA) is 9.23 Å². The average Bonchev–Trinajstić information content (AvgIpc) is 1.76. The van der Waals surface area contributed by atoms with Crippen LogP contribution >= 0.6 is 0 Å². The first-order valence-corrected chi connectivity index (χ1v) is 1.53. The molecule has 0 aliphatic carbocycles. The van der Waals surface area contributed by atoms with Crippen molar-refractivity contribution in [1.82, 2.24) is 0 Å². The van der Waals surface area contributed by atoms with E-state index in [1.54, 1.807) is 6.26 Å². The van der Waals surface area contributed by atoms with Gasteiger partial charge in [-0.1, -0.05) is 0 Å². The summed E-state index contributed by atoms with van der Waals surface area (Å²) < 4.78 is 4.51. The smallest absolute Gasteiger partial charge is 0.199 e. The largest absolute Gasteiger partial charge is 0.486 e. The monoisotopic (exact) mass is 68.0 g/mol. The molecule has 0 spiro atoms. The Bertz CT molecular complexity index is 41.6. The minimum atomic E-state index is 0.847. The van der Waals surface area contributed by atoms with Crippen LogP contribution in [0.2, 0.25) is 0 Å². The van der Waals surface area contributed by atoms with E-state index < -0.39 is 0 Å². The molecular formula is C4H4O. The van der Waals surface area contributed by atoms with Gasteiger partial charge < -0.3 is 4.74 Å². The van der Waals surface area contributed by atoms with Crippen LogP contribution in [0.4, 0.5) is 0 Å². The quantitative estimate of drug-likeness (QED) is 0.411. The predicted molar refractivity (Wildman–Crippen MR) is 18.1 cm³/mol. The van der Waals surface area contributed by atoms with Crippen molar-refractivity contribution in [2.24, 2.45) is 0 Å². The molecule has 2 radical (unpaired) electrons. The Balaban J connectivity index is 2.32. The zero-order valence-electron chi connectivity index (χ0n) is 2.77.